The highest BCUT2D eigenvalue weighted by Crippen LogP contribution is 2.30. The Morgan fingerprint density at radius 3 is 2.50 bits per heavy atom. The van der Waals surface area contributed by atoms with Crippen LogP contribution in [0.4, 0.5) is 4.39 Å². The molecule has 3 N–H and O–H groups in total. The van der Waals surface area contributed by atoms with Gasteiger partial charge in [0.2, 0.25) is 0 Å². The predicted octanol–water partition coefficient (Wildman–Crippen LogP) is 2.48. The highest BCUT2D eigenvalue weighted by Gasteiger charge is 2.16. The third-order valence-corrected chi connectivity index (χ3v) is 3.80. The lowest BCUT2D eigenvalue weighted by atomic mass is 10.1. The molecular weight excluding hydrogens is 279 g/mol. The monoisotopic (exact) mass is 292 g/mol. The summed E-state index contributed by atoms with van der Waals surface area (Å²) in [5, 5.41) is 20.5. The Kier molecular flexibility index (Phi) is 4.19. The molecule has 7 heteroatoms. The molecule has 20 heavy (non-hydrogen) atoms. The minimum absolute atomic E-state index is 0.0230. The Balaban J connectivity index is 2.46. The second-order valence-corrected chi connectivity index (χ2v) is 5.19. The van der Waals surface area contributed by atoms with Crippen molar-refractivity contribution in [1.82, 2.24) is 10.2 Å². The van der Waals surface area contributed by atoms with Crippen LogP contribution < -0.4 is 5.73 Å². The van der Waals surface area contributed by atoms with Crippen LogP contribution in [-0.2, 0) is 0 Å². The molecule has 2 rings (SSSR count). The fourth-order valence-electron chi connectivity index (χ4n) is 1.62. The number of aromatic nitrogens is 2. The molecule has 104 valence electrons. The molecule has 1 aromatic carbocycles. The average Bonchev–Trinajstić information content (AvgIpc) is 2.45. The van der Waals surface area contributed by atoms with E-state index in [9.17, 15) is 4.39 Å². The summed E-state index contributed by atoms with van der Waals surface area (Å²) in [6, 6.07) is 5.99. The molecule has 0 bridgehead atoms. The molecule has 0 saturated heterocycles. The standard InChI is InChI=1S/C13H13FN4OS/c1-7-8(2)16-17-13(11(7)12(15)18-19)20-10-5-3-9(14)4-6-10/h3-6,19H,1-2H3,(H2,15,18). The quantitative estimate of drug-likeness (QED) is 0.393. The van der Waals surface area contributed by atoms with E-state index in [1.54, 1.807) is 19.1 Å². The SMILES string of the molecule is Cc1nnc(Sc2ccc(F)cc2)c(/C(N)=N/O)c1C. The highest BCUT2D eigenvalue weighted by molar-refractivity contribution is 7.99. The Morgan fingerprint density at radius 1 is 1.25 bits per heavy atom. The van der Waals surface area contributed by atoms with Crippen molar-refractivity contribution in [1.29, 1.82) is 0 Å². The van der Waals surface area contributed by atoms with E-state index in [2.05, 4.69) is 15.4 Å². The number of hydrogen-bond acceptors (Lipinski definition) is 5. The van der Waals surface area contributed by atoms with Gasteiger partial charge in [0.15, 0.2) is 5.84 Å². The minimum atomic E-state index is -0.308. The second kappa shape index (κ2) is 5.87. The number of benzene rings is 1. The molecule has 0 aliphatic rings. The summed E-state index contributed by atoms with van der Waals surface area (Å²) in [6.45, 7) is 3.62. The van der Waals surface area contributed by atoms with Crippen LogP contribution in [0.1, 0.15) is 16.8 Å². The maximum atomic E-state index is 12.9. The number of halogens is 1. The van der Waals surface area contributed by atoms with E-state index < -0.39 is 0 Å². The van der Waals surface area contributed by atoms with E-state index in [4.69, 9.17) is 10.9 Å². The first-order valence-corrected chi connectivity index (χ1v) is 6.59. The van der Waals surface area contributed by atoms with Gasteiger partial charge in [-0.15, -0.1) is 5.10 Å². The zero-order chi connectivity index (χ0) is 14.7. The number of nitrogens with two attached hydrogens (primary N) is 1. The lowest BCUT2D eigenvalue weighted by molar-refractivity contribution is 0.318. The van der Waals surface area contributed by atoms with Crippen molar-refractivity contribution in [3.8, 4) is 0 Å². The summed E-state index contributed by atoms with van der Waals surface area (Å²) in [6.07, 6.45) is 0. The summed E-state index contributed by atoms with van der Waals surface area (Å²) in [5.74, 6) is -0.331. The smallest absolute Gasteiger partial charge is 0.173 e. The van der Waals surface area contributed by atoms with E-state index in [0.717, 1.165) is 10.5 Å². The van der Waals surface area contributed by atoms with Crippen LogP contribution in [0.5, 0.6) is 0 Å². The summed E-state index contributed by atoms with van der Waals surface area (Å²) in [4.78, 5) is 0.788. The van der Waals surface area contributed by atoms with Gasteiger partial charge in [0.05, 0.1) is 11.3 Å². The summed E-state index contributed by atoms with van der Waals surface area (Å²) < 4.78 is 12.9. The summed E-state index contributed by atoms with van der Waals surface area (Å²) in [5.41, 5.74) is 7.73. The van der Waals surface area contributed by atoms with Crippen LogP contribution in [0.3, 0.4) is 0 Å². The lowest BCUT2D eigenvalue weighted by Crippen LogP contribution is -2.18. The number of oxime groups is 1. The number of amidine groups is 1. The Bertz CT molecular complexity index is 658. The molecule has 0 radical (unpaired) electrons. The van der Waals surface area contributed by atoms with Crippen LogP contribution in [0.25, 0.3) is 0 Å². The first kappa shape index (κ1) is 14.3. The van der Waals surface area contributed by atoms with Crippen molar-refractivity contribution in [3.05, 3.63) is 46.9 Å². The molecule has 0 atom stereocenters. The lowest BCUT2D eigenvalue weighted by Gasteiger charge is -2.11. The van der Waals surface area contributed by atoms with Crippen molar-refractivity contribution < 1.29 is 9.60 Å². The Labute approximate surface area is 119 Å². The fourth-order valence-corrected chi connectivity index (χ4v) is 2.56. The van der Waals surface area contributed by atoms with Gasteiger partial charge in [0.25, 0.3) is 0 Å². The van der Waals surface area contributed by atoms with Crippen molar-refractivity contribution in [2.24, 2.45) is 10.9 Å². The maximum absolute atomic E-state index is 12.9. The molecule has 0 fully saturated rings. The zero-order valence-corrected chi connectivity index (χ0v) is 11.8. The van der Waals surface area contributed by atoms with Gasteiger partial charge in [-0.1, -0.05) is 16.9 Å². The van der Waals surface area contributed by atoms with E-state index in [1.165, 1.54) is 23.9 Å². The first-order valence-electron chi connectivity index (χ1n) is 5.78. The van der Waals surface area contributed by atoms with Gasteiger partial charge >= 0.3 is 0 Å². The van der Waals surface area contributed by atoms with E-state index in [1.807, 2.05) is 6.92 Å². The average molecular weight is 292 g/mol. The second-order valence-electron chi connectivity index (χ2n) is 4.13. The first-order chi connectivity index (χ1) is 9.52. The highest BCUT2D eigenvalue weighted by atomic mass is 32.2. The molecule has 0 spiro atoms. The van der Waals surface area contributed by atoms with Crippen LogP contribution in [-0.4, -0.2) is 21.2 Å². The topological polar surface area (TPSA) is 84.4 Å². The Hall–Kier alpha value is -2.15. The summed E-state index contributed by atoms with van der Waals surface area (Å²) >= 11 is 1.28. The third-order valence-electron chi connectivity index (χ3n) is 2.81. The fraction of sp³-hybridized carbons (Fsp3) is 0.154. The molecule has 1 aromatic heterocycles. The maximum Gasteiger partial charge on any atom is 0.173 e. The van der Waals surface area contributed by atoms with Gasteiger partial charge in [0.1, 0.15) is 10.8 Å². The van der Waals surface area contributed by atoms with Gasteiger partial charge in [-0.05, 0) is 43.7 Å². The number of rotatable bonds is 3. The van der Waals surface area contributed by atoms with E-state index in [-0.39, 0.29) is 11.7 Å². The van der Waals surface area contributed by atoms with Crippen LogP contribution in [0.15, 0.2) is 39.3 Å². The molecule has 0 amide bonds. The van der Waals surface area contributed by atoms with E-state index >= 15 is 0 Å². The largest absolute Gasteiger partial charge is 0.409 e. The van der Waals surface area contributed by atoms with Crippen LogP contribution in [0, 0.1) is 19.7 Å². The molecule has 1 heterocycles. The van der Waals surface area contributed by atoms with Gasteiger partial charge < -0.3 is 10.9 Å². The molecule has 0 aliphatic heterocycles. The molecule has 5 nitrogen and oxygen atoms in total. The molecule has 0 unspecified atom stereocenters. The minimum Gasteiger partial charge on any atom is -0.409 e. The van der Waals surface area contributed by atoms with Crippen LogP contribution in [0.2, 0.25) is 0 Å². The zero-order valence-electron chi connectivity index (χ0n) is 11.0. The number of nitrogens with zero attached hydrogens (tertiary/aromatic N) is 3. The van der Waals surface area contributed by atoms with Crippen molar-refractivity contribution in [3.63, 3.8) is 0 Å². The van der Waals surface area contributed by atoms with Gasteiger partial charge in [0, 0.05) is 4.90 Å². The van der Waals surface area contributed by atoms with Crippen molar-refractivity contribution >= 4 is 17.6 Å². The Morgan fingerprint density at radius 2 is 1.90 bits per heavy atom. The summed E-state index contributed by atoms with van der Waals surface area (Å²) in [7, 11) is 0. The molecule has 2 aromatic rings. The molecular formula is C13H13FN4OS. The molecule has 0 saturated carbocycles. The van der Waals surface area contributed by atoms with E-state index in [0.29, 0.717) is 16.3 Å². The predicted molar refractivity (Wildman–Crippen MR) is 74.5 cm³/mol. The normalized spacial score (nSPS) is 11.7. The van der Waals surface area contributed by atoms with Crippen molar-refractivity contribution in [2.75, 3.05) is 0 Å². The van der Waals surface area contributed by atoms with Gasteiger partial charge in [-0.25, -0.2) is 4.39 Å². The van der Waals surface area contributed by atoms with Gasteiger partial charge in [-0.2, -0.15) is 5.10 Å². The molecule has 0 aliphatic carbocycles. The van der Waals surface area contributed by atoms with Gasteiger partial charge in [-0.3, -0.25) is 0 Å². The number of hydrogen-bond donors (Lipinski definition) is 2. The number of aryl methyl sites for hydroxylation is 1. The third kappa shape index (κ3) is 2.88. The van der Waals surface area contributed by atoms with Crippen molar-refractivity contribution in [2.45, 2.75) is 23.8 Å². The van der Waals surface area contributed by atoms with Crippen LogP contribution >= 0.6 is 11.8 Å².